The number of sulfonamides is 1. The van der Waals surface area contributed by atoms with Crippen LogP contribution in [0.2, 0.25) is 0 Å². The minimum atomic E-state index is -3.72. The number of hydrogen-bond acceptors (Lipinski definition) is 8. The highest BCUT2D eigenvalue weighted by atomic mass is 32.2. The molecule has 31 heavy (non-hydrogen) atoms. The molecule has 0 unspecified atom stereocenters. The van der Waals surface area contributed by atoms with Gasteiger partial charge in [-0.05, 0) is 31.2 Å². The Kier molecular flexibility index (Phi) is 8.32. The van der Waals surface area contributed by atoms with Gasteiger partial charge in [0.1, 0.15) is 23.9 Å². The molecule has 0 radical (unpaired) electrons. The number of aliphatic carboxylic acids is 1. The van der Waals surface area contributed by atoms with Crippen LogP contribution in [0.15, 0.2) is 41.1 Å². The second-order valence-electron chi connectivity index (χ2n) is 6.63. The topological polar surface area (TPSA) is 133 Å². The van der Waals surface area contributed by atoms with Gasteiger partial charge < -0.3 is 20.1 Å². The van der Waals surface area contributed by atoms with Crippen LogP contribution in [-0.4, -0.2) is 82.0 Å². The highest BCUT2D eigenvalue weighted by molar-refractivity contribution is 7.91. The Morgan fingerprint density at radius 2 is 1.77 bits per heavy atom. The predicted molar refractivity (Wildman–Crippen MR) is 114 cm³/mol. The third-order valence-corrected chi connectivity index (χ3v) is 7.29. The van der Waals surface area contributed by atoms with Crippen molar-refractivity contribution in [1.82, 2.24) is 14.5 Å². The van der Waals surface area contributed by atoms with Gasteiger partial charge >= 0.3 is 5.97 Å². The molecular weight excluding hydrogens is 446 g/mol. The van der Waals surface area contributed by atoms with Crippen LogP contribution in [0, 0.1) is 11.8 Å². The van der Waals surface area contributed by atoms with Gasteiger partial charge in [-0.3, -0.25) is 0 Å². The van der Waals surface area contributed by atoms with Crippen molar-refractivity contribution in [3.63, 3.8) is 0 Å². The van der Waals surface area contributed by atoms with Gasteiger partial charge in [-0.1, -0.05) is 5.92 Å². The molecule has 1 saturated heterocycles. The van der Waals surface area contributed by atoms with E-state index in [1.165, 1.54) is 33.5 Å². The molecule has 2 rings (SSSR count). The van der Waals surface area contributed by atoms with Crippen LogP contribution in [-0.2, 0) is 24.7 Å². The van der Waals surface area contributed by atoms with Crippen molar-refractivity contribution in [3.05, 3.63) is 36.2 Å². The Labute approximate surface area is 182 Å². The van der Waals surface area contributed by atoms with Crippen molar-refractivity contribution >= 4 is 25.8 Å². The van der Waals surface area contributed by atoms with Gasteiger partial charge in [0.2, 0.25) is 10.0 Å². The number of rotatable bonds is 9. The summed E-state index contributed by atoms with van der Waals surface area (Å²) in [7, 11) is -7.06. The first-order chi connectivity index (χ1) is 14.5. The average Bonchev–Trinajstić information content (AvgIpc) is 2.71. The first-order valence-electron chi connectivity index (χ1n) is 9.27. The van der Waals surface area contributed by atoms with Gasteiger partial charge in [0.15, 0.2) is 9.84 Å². The van der Waals surface area contributed by atoms with Gasteiger partial charge in [-0.15, -0.1) is 5.92 Å². The first kappa shape index (κ1) is 24.5. The van der Waals surface area contributed by atoms with Gasteiger partial charge in [-0.2, -0.15) is 4.31 Å². The summed E-state index contributed by atoms with van der Waals surface area (Å²) in [5.41, 5.74) is -0.135. The van der Waals surface area contributed by atoms with E-state index in [2.05, 4.69) is 17.2 Å². The Bertz CT molecular complexity index is 1080. The third-order valence-electron chi connectivity index (χ3n) is 4.45. The summed E-state index contributed by atoms with van der Waals surface area (Å²) in [6.45, 7) is 2.56. The van der Waals surface area contributed by atoms with Crippen LogP contribution in [0.1, 0.15) is 6.92 Å². The van der Waals surface area contributed by atoms with Crippen LogP contribution in [0.3, 0.4) is 0 Å². The molecule has 1 heterocycles. The number of sulfone groups is 1. The number of carboxylic acid groups (broad SMARTS) is 1. The lowest BCUT2D eigenvalue weighted by molar-refractivity contribution is -0.134. The monoisotopic (exact) mass is 471 g/mol. The molecule has 2 N–H and O–H groups in total. The standard InChI is InChI=1S/C19H25N3O7S2/c1-3-4-13-29-16-5-7-17(8-6-16)31(27,28)15-20-14-18(19(23)24)21-9-11-22(12-10-21)30(2,25)26/h5-8,14,20H,9-13,15H2,1-2H3,(H,23,24). The first-order valence-corrected chi connectivity index (χ1v) is 12.8. The summed E-state index contributed by atoms with van der Waals surface area (Å²) >= 11 is 0. The molecule has 12 heteroatoms. The Morgan fingerprint density at radius 1 is 1.16 bits per heavy atom. The molecule has 170 valence electrons. The lowest BCUT2D eigenvalue weighted by atomic mass is 10.3. The van der Waals surface area contributed by atoms with Gasteiger partial charge in [0.25, 0.3) is 0 Å². The van der Waals surface area contributed by atoms with Crippen LogP contribution in [0.5, 0.6) is 5.75 Å². The number of hydrogen-bond donors (Lipinski definition) is 2. The Hall–Kier alpha value is -2.75. The zero-order valence-electron chi connectivity index (χ0n) is 17.2. The van der Waals surface area contributed by atoms with E-state index in [-0.39, 0.29) is 43.4 Å². The Morgan fingerprint density at radius 3 is 2.29 bits per heavy atom. The maximum atomic E-state index is 12.5. The van der Waals surface area contributed by atoms with Crippen molar-refractivity contribution in [2.75, 3.05) is 44.9 Å². The smallest absolute Gasteiger partial charge is 0.353 e. The minimum Gasteiger partial charge on any atom is -0.481 e. The summed E-state index contributed by atoms with van der Waals surface area (Å²) in [5, 5.41) is 12.0. The number of benzene rings is 1. The predicted octanol–water partition coefficient (Wildman–Crippen LogP) is -0.0873. The fraction of sp³-hybridized carbons (Fsp3) is 0.421. The molecule has 10 nitrogen and oxygen atoms in total. The van der Waals surface area contributed by atoms with Gasteiger partial charge in [-0.25, -0.2) is 21.6 Å². The number of piperazine rings is 1. The SMILES string of the molecule is CC#CCOc1ccc(S(=O)(=O)CNC=C(C(=O)O)N2CCN(S(C)(=O)=O)CC2)cc1. The van der Waals surface area contributed by atoms with E-state index in [0.29, 0.717) is 5.75 Å². The molecule has 0 atom stereocenters. The van der Waals surface area contributed by atoms with E-state index in [9.17, 15) is 26.7 Å². The highest BCUT2D eigenvalue weighted by Gasteiger charge is 2.27. The van der Waals surface area contributed by atoms with Crippen molar-refractivity contribution in [3.8, 4) is 17.6 Å². The highest BCUT2D eigenvalue weighted by Crippen LogP contribution is 2.17. The zero-order valence-corrected chi connectivity index (χ0v) is 18.9. The second kappa shape index (κ2) is 10.5. The van der Waals surface area contributed by atoms with E-state index < -0.39 is 31.7 Å². The zero-order chi connectivity index (χ0) is 23.1. The van der Waals surface area contributed by atoms with Crippen LogP contribution in [0.25, 0.3) is 0 Å². The van der Waals surface area contributed by atoms with Crippen molar-refractivity contribution < 1.29 is 31.5 Å². The molecular formula is C19H25N3O7S2. The molecule has 1 aromatic carbocycles. The summed E-state index contributed by atoms with van der Waals surface area (Å²) in [5.74, 6) is 4.16. The molecule has 0 amide bonds. The van der Waals surface area contributed by atoms with Gasteiger partial charge in [0.05, 0.1) is 11.2 Å². The second-order valence-corrected chi connectivity index (χ2v) is 10.6. The van der Waals surface area contributed by atoms with Crippen LogP contribution < -0.4 is 10.1 Å². The fourth-order valence-corrected chi connectivity index (χ4v) is 4.66. The fourth-order valence-electron chi connectivity index (χ4n) is 2.82. The van der Waals surface area contributed by atoms with E-state index in [1.54, 1.807) is 6.92 Å². The summed E-state index contributed by atoms with van der Waals surface area (Å²) in [4.78, 5) is 13.1. The lowest BCUT2D eigenvalue weighted by Gasteiger charge is -2.34. The quantitative estimate of drug-likeness (QED) is 0.374. The van der Waals surface area contributed by atoms with Crippen molar-refractivity contribution in [2.24, 2.45) is 0 Å². The van der Waals surface area contributed by atoms with E-state index in [1.807, 2.05) is 0 Å². The molecule has 0 saturated carbocycles. The summed E-state index contributed by atoms with van der Waals surface area (Å²) in [6, 6.07) is 5.84. The van der Waals surface area contributed by atoms with Crippen molar-refractivity contribution in [1.29, 1.82) is 0 Å². The molecule has 0 aromatic heterocycles. The largest absolute Gasteiger partial charge is 0.481 e. The molecule has 0 bridgehead atoms. The van der Waals surface area contributed by atoms with E-state index in [0.717, 1.165) is 12.5 Å². The number of carboxylic acids is 1. The molecule has 1 aromatic rings. The van der Waals surface area contributed by atoms with E-state index >= 15 is 0 Å². The molecule has 0 aliphatic carbocycles. The Balaban J connectivity index is 2.00. The maximum absolute atomic E-state index is 12.5. The van der Waals surface area contributed by atoms with E-state index in [4.69, 9.17) is 4.74 Å². The van der Waals surface area contributed by atoms with Crippen molar-refractivity contribution in [2.45, 2.75) is 11.8 Å². The normalized spacial score (nSPS) is 15.7. The molecule has 0 spiro atoms. The maximum Gasteiger partial charge on any atom is 0.353 e. The summed E-state index contributed by atoms with van der Waals surface area (Å²) < 4.78 is 54.8. The summed E-state index contributed by atoms with van der Waals surface area (Å²) in [6.07, 6.45) is 2.22. The molecule has 1 aliphatic heterocycles. The number of ether oxygens (including phenoxy) is 1. The average molecular weight is 472 g/mol. The lowest BCUT2D eigenvalue weighted by Crippen LogP contribution is -2.49. The van der Waals surface area contributed by atoms with Crippen LogP contribution in [0.4, 0.5) is 0 Å². The number of carbonyl (C=O) groups is 1. The minimum absolute atomic E-state index is 0.0565. The third kappa shape index (κ3) is 7.16. The number of nitrogens with zero attached hydrogens (tertiary/aromatic N) is 2. The van der Waals surface area contributed by atoms with Crippen LogP contribution >= 0.6 is 0 Å². The van der Waals surface area contributed by atoms with Gasteiger partial charge in [0, 0.05) is 32.4 Å². The number of nitrogens with one attached hydrogen (secondary N) is 1. The molecule has 1 aliphatic rings. The molecule has 1 fully saturated rings.